The molecule has 0 aromatic heterocycles. The van der Waals surface area contributed by atoms with Gasteiger partial charge in [-0.1, -0.05) is 19.3 Å². The second-order valence-electron chi connectivity index (χ2n) is 8.27. The van der Waals surface area contributed by atoms with Gasteiger partial charge >= 0.3 is 0 Å². The second-order valence-corrected chi connectivity index (χ2v) is 10.4. The molecule has 8 nitrogen and oxygen atoms in total. The number of anilines is 1. The minimum atomic E-state index is -3.64. The summed E-state index contributed by atoms with van der Waals surface area (Å²) >= 11 is 0. The molecule has 1 aliphatic carbocycles. The molecule has 1 saturated heterocycles. The van der Waals surface area contributed by atoms with Crippen LogP contribution in [0, 0.1) is 0 Å². The molecule has 1 N–H and O–H groups in total. The Balaban J connectivity index is 1.30. The molecule has 164 valence electrons. The number of hydrogen-bond acceptors (Lipinski definition) is 6. The van der Waals surface area contributed by atoms with Crippen LogP contribution in [0.15, 0.2) is 23.1 Å². The highest BCUT2D eigenvalue weighted by Gasteiger charge is 2.28. The lowest BCUT2D eigenvalue weighted by Crippen LogP contribution is -2.52. The first-order chi connectivity index (χ1) is 14.4. The Morgan fingerprint density at radius 3 is 2.57 bits per heavy atom. The third-order valence-corrected chi connectivity index (χ3v) is 8.00. The van der Waals surface area contributed by atoms with E-state index >= 15 is 0 Å². The van der Waals surface area contributed by atoms with Crippen molar-refractivity contribution in [2.75, 3.05) is 43.9 Å². The zero-order valence-electron chi connectivity index (χ0n) is 17.1. The lowest BCUT2D eigenvalue weighted by Gasteiger charge is -2.40. The smallest absolute Gasteiger partial charge is 0.262 e. The number of fused-ring (bicyclic) bond motifs is 1. The summed E-state index contributed by atoms with van der Waals surface area (Å²) in [5.41, 5.74) is 0.345. The van der Waals surface area contributed by atoms with Gasteiger partial charge in [0.15, 0.2) is 16.4 Å². The largest absolute Gasteiger partial charge is 0.482 e. The van der Waals surface area contributed by atoms with Gasteiger partial charge in [-0.05, 0) is 31.0 Å². The fraction of sp³-hybridized carbons (Fsp3) is 0.619. The van der Waals surface area contributed by atoms with Gasteiger partial charge in [0.05, 0.1) is 16.3 Å². The molecule has 4 rings (SSSR count). The van der Waals surface area contributed by atoms with E-state index in [9.17, 15) is 18.0 Å². The van der Waals surface area contributed by atoms with E-state index in [0.29, 0.717) is 30.6 Å². The van der Waals surface area contributed by atoms with Gasteiger partial charge < -0.3 is 15.0 Å². The Bertz CT molecular complexity index is 903. The molecule has 1 saturated carbocycles. The van der Waals surface area contributed by atoms with Crippen LogP contribution in [-0.4, -0.2) is 74.6 Å². The molecular formula is C21H29N3O5S. The molecule has 2 heterocycles. The van der Waals surface area contributed by atoms with Crippen LogP contribution in [0.5, 0.6) is 5.75 Å². The van der Waals surface area contributed by atoms with E-state index in [4.69, 9.17) is 4.74 Å². The van der Waals surface area contributed by atoms with Crippen molar-refractivity contribution >= 4 is 27.3 Å². The molecule has 9 heteroatoms. The summed E-state index contributed by atoms with van der Waals surface area (Å²) in [6, 6.07) is 5.03. The number of rotatable bonds is 5. The van der Waals surface area contributed by atoms with Crippen molar-refractivity contribution < 1.29 is 22.7 Å². The Hall–Kier alpha value is -2.13. The fourth-order valence-corrected chi connectivity index (χ4v) is 5.79. The Labute approximate surface area is 177 Å². The first kappa shape index (κ1) is 21.1. The monoisotopic (exact) mass is 435 g/mol. The molecule has 2 amide bonds. The standard InChI is InChI=1S/C21H29N3O5S/c25-20-15-29-19-7-6-17(14-18(19)22-20)30(27,28)13-8-21(26)24-11-9-23(10-12-24)16-4-2-1-3-5-16/h6-7,14,16H,1-5,8-13,15H2,(H,22,25). The normalized spacial score (nSPS) is 20.9. The summed E-state index contributed by atoms with van der Waals surface area (Å²) in [7, 11) is -3.64. The van der Waals surface area contributed by atoms with Crippen molar-refractivity contribution in [1.29, 1.82) is 0 Å². The number of amides is 2. The molecule has 0 spiro atoms. The van der Waals surface area contributed by atoms with Gasteiger partial charge in [-0.25, -0.2) is 8.42 Å². The molecule has 1 aromatic carbocycles. The summed E-state index contributed by atoms with van der Waals surface area (Å²) in [5, 5.41) is 2.61. The van der Waals surface area contributed by atoms with Gasteiger partial charge in [0.25, 0.3) is 5.91 Å². The fourth-order valence-electron chi connectivity index (χ4n) is 4.54. The van der Waals surface area contributed by atoms with Crippen LogP contribution < -0.4 is 10.1 Å². The Morgan fingerprint density at radius 1 is 1.10 bits per heavy atom. The van der Waals surface area contributed by atoms with Crippen LogP contribution >= 0.6 is 0 Å². The number of nitrogens with zero attached hydrogens (tertiary/aromatic N) is 2. The quantitative estimate of drug-likeness (QED) is 0.756. The average Bonchev–Trinajstić information content (AvgIpc) is 2.77. The summed E-state index contributed by atoms with van der Waals surface area (Å²) in [6.45, 7) is 2.98. The molecule has 3 aliphatic rings. The number of piperazine rings is 1. The van der Waals surface area contributed by atoms with Gasteiger partial charge in [-0.3, -0.25) is 14.5 Å². The number of carbonyl (C=O) groups is 2. The van der Waals surface area contributed by atoms with Gasteiger partial charge in [0.1, 0.15) is 5.75 Å². The maximum atomic E-state index is 12.7. The van der Waals surface area contributed by atoms with Crippen molar-refractivity contribution in [2.24, 2.45) is 0 Å². The number of ether oxygens (including phenoxy) is 1. The molecule has 2 aliphatic heterocycles. The molecule has 0 atom stereocenters. The minimum absolute atomic E-state index is 0.0360. The number of carbonyl (C=O) groups excluding carboxylic acids is 2. The Morgan fingerprint density at radius 2 is 1.83 bits per heavy atom. The van der Waals surface area contributed by atoms with Crippen LogP contribution in [0.4, 0.5) is 5.69 Å². The van der Waals surface area contributed by atoms with Gasteiger partial charge in [-0.15, -0.1) is 0 Å². The van der Waals surface area contributed by atoms with Crippen LogP contribution in [0.3, 0.4) is 0 Å². The highest BCUT2D eigenvalue weighted by molar-refractivity contribution is 7.91. The predicted octanol–water partition coefficient (Wildman–Crippen LogP) is 1.66. The molecule has 0 bridgehead atoms. The SMILES string of the molecule is O=C1COc2ccc(S(=O)(=O)CCC(=O)N3CCN(C4CCCCC4)CC3)cc2N1. The van der Waals surface area contributed by atoms with Crippen LogP contribution in [0.2, 0.25) is 0 Å². The highest BCUT2D eigenvalue weighted by Crippen LogP contribution is 2.30. The van der Waals surface area contributed by atoms with Crippen LogP contribution in [-0.2, 0) is 19.4 Å². The molecular weight excluding hydrogens is 406 g/mol. The van der Waals surface area contributed by atoms with E-state index in [1.165, 1.54) is 50.3 Å². The second kappa shape index (κ2) is 8.93. The van der Waals surface area contributed by atoms with Crippen molar-refractivity contribution in [3.05, 3.63) is 18.2 Å². The van der Waals surface area contributed by atoms with E-state index in [1.54, 1.807) is 4.90 Å². The zero-order valence-corrected chi connectivity index (χ0v) is 18.0. The number of sulfone groups is 1. The van der Waals surface area contributed by atoms with E-state index in [2.05, 4.69) is 10.2 Å². The van der Waals surface area contributed by atoms with E-state index in [0.717, 1.165) is 13.1 Å². The topological polar surface area (TPSA) is 96.0 Å². The predicted molar refractivity (Wildman–Crippen MR) is 112 cm³/mol. The average molecular weight is 436 g/mol. The number of hydrogen-bond donors (Lipinski definition) is 1. The summed E-state index contributed by atoms with van der Waals surface area (Å²) < 4.78 is 30.7. The lowest BCUT2D eigenvalue weighted by molar-refractivity contribution is -0.133. The third-order valence-electron chi connectivity index (χ3n) is 6.29. The maximum absolute atomic E-state index is 12.7. The molecule has 0 radical (unpaired) electrons. The van der Waals surface area contributed by atoms with Crippen LogP contribution in [0.1, 0.15) is 38.5 Å². The van der Waals surface area contributed by atoms with Crippen molar-refractivity contribution in [1.82, 2.24) is 9.80 Å². The third kappa shape index (κ3) is 4.78. The highest BCUT2D eigenvalue weighted by atomic mass is 32.2. The van der Waals surface area contributed by atoms with Gasteiger partial charge in [0.2, 0.25) is 5.91 Å². The summed E-state index contributed by atoms with van der Waals surface area (Å²) in [5.74, 6) is -0.237. The first-order valence-corrected chi connectivity index (χ1v) is 12.4. The molecule has 0 unspecified atom stereocenters. The van der Waals surface area contributed by atoms with E-state index in [1.807, 2.05) is 0 Å². The Kier molecular flexibility index (Phi) is 6.29. The number of benzene rings is 1. The summed E-state index contributed by atoms with van der Waals surface area (Å²) in [6.07, 6.45) is 6.37. The van der Waals surface area contributed by atoms with Crippen LogP contribution in [0.25, 0.3) is 0 Å². The van der Waals surface area contributed by atoms with E-state index in [-0.39, 0.29) is 35.5 Å². The van der Waals surface area contributed by atoms with Gasteiger partial charge in [-0.2, -0.15) is 0 Å². The van der Waals surface area contributed by atoms with Crippen molar-refractivity contribution in [3.8, 4) is 5.75 Å². The number of nitrogens with one attached hydrogen (secondary N) is 1. The maximum Gasteiger partial charge on any atom is 0.262 e. The molecule has 1 aromatic rings. The molecule has 2 fully saturated rings. The lowest BCUT2D eigenvalue weighted by atomic mass is 9.94. The zero-order chi connectivity index (χ0) is 21.1. The first-order valence-electron chi connectivity index (χ1n) is 10.7. The van der Waals surface area contributed by atoms with Crippen molar-refractivity contribution in [3.63, 3.8) is 0 Å². The van der Waals surface area contributed by atoms with E-state index < -0.39 is 9.84 Å². The molecule has 30 heavy (non-hydrogen) atoms. The van der Waals surface area contributed by atoms with Crippen molar-refractivity contribution in [2.45, 2.75) is 49.5 Å². The minimum Gasteiger partial charge on any atom is -0.482 e. The summed E-state index contributed by atoms with van der Waals surface area (Å²) in [4.78, 5) is 28.4. The van der Waals surface area contributed by atoms with Gasteiger partial charge in [0, 0.05) is 38.6 Å².